The van der Waals surface area contributed by atoms with Crippen molar-refractivity contribution in [3.05, 3.63) is 387 Å². The van der Waals surface area contributed by atoms with Gasteiger partial charge in [0.05, 0.1) is 56.2 Å². The number of nitriles is 1. The van der Waals surface area contributed by atoms with Gasteiger partial charge in [0.2, 0.25) is 0 Å². The Balaban J connectivity index is 0.842. The summed E-state index contributed by atoms with van der Waals surface area (Å²) in [5.41, 5.74) is 9.22. The average Bonchev–Trinajstić information content (AvgIpc) is 1.56. The Morgan fingerprint density at radius 2 is 0.437 bits per heavy atom. The molecular formula is C105H61F6N15. The van der Waals surface area contributed by atoms with Crippen LogP contribution in [0.4, 0.5) is 26.3 Å². The van der Waals surface area contributed by atoms with Crippen molar-refractivity contribution in [2.45, 2.75) is 12.4 Å². The number of benzene rings is 15. The molecule has 0 bridgehead atoms. The average molecular weight is 1650 g/mol. The molecule has 21 rings (SSSR count). The summed E-state index contributed by atoms with van der Waals surface area (Å²) in [6.07, 6.45) is -10.4. The second kappa shape index (κ2) is 31.5. The van der Waals surface area contributed by atoms with Crippen molar-refractivity contribution >= 4 is 43.6 Å². The zero-order chi connectivity index (χ0) is 85.2. The number of nitrogens with zero attached hydrogens (tertiary/aromatic N) is 15. The predicted octanol–water partition coefficient (Wildman–Crippen LogP) is 25.9. The summed E-state index contributed by atoms with van der Waals surface area (Å²) in [7, 11) is 0. The van der Waals surface area contributed by atoms with Gasteiger partial charge in [-0.05, 0) is 126 Å². The SMILES string of the molecule is N#Cc1ccc(-c2cc(-c3cc(C(F)(F)F)cc(C(F)(F)F)c3)ccc2-n2c3ccc(-c4nc(-c5ccccc5)nc(-c5ccccc5)n4)cc3c3cc(-c4nc(-c5ccccc5)nc(-c5ccccc5)n4)ccc32)c(-n2c3ccc(-c4nc(-c5ccccc5)nc(-c5ccccc5)n4)cc3c3cc(-c4nc(-c5ccccc5)nc(-c5ccccc5)n4)ccc32)c1. The molecule has 598 valence electrons. The topological polar surface area (TPSA) is 188 Å². The minimum atomic E-state index is -5.20. The number of fused-ring (bicyclic) bond motifs is 6. The van der Waals surface area contributed by atoms with Gasteiger partial charge in [-0.15, -0.1) is 0 Å². The van der Waals surface area contributed by atoms with Gasteiger partial charge in [-0.25, -0.2) is 59.8 Å². The second-order valence-corrected chi connectivity index (χ2v) is 30.1. The molecule has 21 aromatic rings. The highest BCUT2D eigenvalue weighted by atomic mass is 19.4. The van der Waals surface area contributed by atoms with Crippen LogP contribution in [0.5, 0.6) is 0 Å². The van der Waals surface area contributed by atoms with E-state index in [1.54, 1.807) is 30.3 Å². The van der Waals surface area contributed by atoms with Crippen molar-refractivity contribution in [3.63, 3.8) is 0 Å². The maximum atomic E-state index is 15.3. The van der Waals surface area contributed by atoms with Crippen LogP contribution in [0.15, 0.2) is 370 Å². The summed E-state index contributed by atoms with van der Waals surface area (Å²) in [5.74, 6) is 4.81. The third kappa shape index (κ3) is 14.6. The zero-order valence-electron chi connectivity index (χ0n) is 66.2. The van der Waals surface area contributed by atoms with E-state index >= 15 is 26.3 Å². The molecule has 0 unspecified atom stereocenters. The van der Waals surface area contributed by atoms with Crippen LogP contribution in [0, 0.1) is 11.3 Å². The van der Waals surface area contributed by atoms with Gasteiger partial charge in [0.25, 0.3) is 0 Å². The van der Waals surface area contributed by atoms with Crippen molar-refractivity contribution < 1.29 is 26.3 Å². The van der Waals surface area contributed by atoms with E-state index in [0.29, 0.717) is 158 Å². The minimum absolute atomic E-state index is 0.00301. The van der Waals surface area contributed by atoms with Gasteiger partial charge >= 0.3 is 12.4 Å². The lowest BCUT2D eigenvalue weighted by atomic mass is 9.93. The van der Waals surface area contributed by atoms with Crippen LogP contribution < -0.4 is 0 Å². The Labute approximate surface area is 715 Å². The molecule has 0 radical (unpaired) electrons. The fraction of sp³-hybridized carbons (Fsp3) is 0.0190. The molecule has 0 N–H and O–H groups in total. The van der Waals surface area contributed by atoms with E-state index in [-0.39, 0.29) is 22.8 Å². The maximum absolute atomic E-state index is 15.3. The Kier molecular flexibility index (Phi) is 19.1. The first kappa shape index (κ1) is 76.4. The van der Waals surface area contributed by atoms with Crippen LogP contribution in [0.25, 0.3) is 214 Å². The van der Waals surface area contributed by atoms with Crippen LogP contribution in [0.3, 0.4) is 0 Å². The summed E-state index contributed by atoms with van der Waals surface area (Å²) < 4.78 is 95.8. The van der Waals surface area contributed by atoms with Crippen molar-refractivity contribution in [1.29, 1.82) is 5.26 Å². The lowest BCUT2D eigenvalue weighted by Crippen LogP contribution is -2.11. The molecule has 0 spiro atoms. The lowest BCUT2D eigenvalue weighted by Gasteiger charge is -2.21. The highest BCUT2D eigenvalue weighted by molar-refractivity contribution is 6.14. The monoisotopic (exact) mass is 1650 g/mol. The lowest BCUT2D eigenvalue weighted by molar-refractivity contribution is -0.143. The van der Waals surface area contributed by atoms with Crippen LogP contribution in [-0.2, 0) is 12.4 Å². The standard InChI is InChI=1S/C105H61F6N15/c106-104(107,108)78-54-77(55-79(61-78)105(109,110)111)72-42-48-86(125-87-49-43-73(100-117-92(64-25-9-1-10-26-64)113-93(118-100)65-27-11-2-12-28-65)57-82(87)83-58-74(44-50-88(83)125)101-119-94(66-29-13-3-14-30-66)114-95(120-101)67-31-15-4-16-32-67)81(56-72)80-47-41-63(62-112)53-91(80)126-89-51-45-75(102-121-96(68-33-17-5-18-34-68)115-97(122-102)69-35-19-6-20-36-69)59-84(89)85-60-76(46-52-90(85)126)103-123-98(70-37-21-7-22-38-70)116-99(124-103)71-39-23-8-24-40-71/h1-61H. The smallest absolute Gasteiger partial charge is 0.309 e. The molecule has 21 heteroatoms. The summed E-state index contributed by atoms with van der Waals surface area (Å²) in [6.45, 7) is 0. The number of rotatable bonds is 16. The van der Waals surface area contributed by atoms with Crippen LogP contribution in [0.1, 0.15) is 16.7 Å². The molecule has 6 heterocycles. The molecule has 126 heavy (non-hydrogen) atoms. The van der Waals surface area contributed by atoms with Crippen molar-refractivity contribution in [2.24, 2.45) is 0 Å². The van der Waals surface area contributed by atoms with E-state index in [9.17, 15) is 5.26 Å². The molecule has 15 nitrogen and oxygen atoms in total. The van der Waals surface area contributed by atoms with Crippen molar-refractivity contribution in [2.75, 3.05) is 0 Å². The highest BCUT2D eigenvalue weighted by Crippen LogP contribution is 2.48. The Morgan fingerprint density at radius 1 is 0.198 bits per heavy atom. The molecule has 0 amide bonds. The van der Waals surface area contributed by atoms with Crippen LogP contribution in [0.2, 0.25) is 0 Å². The van der Waals surface area contributed by atoms with Gasteiger partial charge in [0, 0.05) is 99.4 Å². The van der Waals surface area contributed by atoms with Crippen LogP contribution >= 0.6 is 0 Å². The van der Waals surface area contributed by atoms with Gasteiger partial charge < -0.3 is 9.13 Å². The van der Waals surface area contributed by atoms with E-state index in [0.717, 1.165) is 56.6 Å². The van der Waals surface area contributed by atoms with E-state index in [4.69, 9.17) is 59.8 Å². The summed E-state index contributed by atoms with van der Waals surface area (Å²) in [4.78, 5) is 61.5. The molecule has 0 aliphatic heterocycles. The molecule has 6 aromatic heterocycles. The summed E-state index contributed by atoms with van der Waals surface area (Å²) in [5, 5.41) is 14.0. The highest BCUT2D eigenvalue weighted by Gasteiger charge is 2.38. The number of aromatic nitrogens is 14. The molecule has 0 atom stereocenters. The molecule has 0 fully saturated rings. The first-order valence-electron chi connectivity index (χ1n) is 40.3. The second-order valence-electron chi connectivity index (χ2n) is 30.1. The Morgan fingerprint density at radius 3 is 0.683 bits per heavy atom. The first-order chi connectivity index (χ1) is 61.6. The van der Waals surface area contributed by atoms with E-state index < -0.39 is 23.5 Å². The van der Waals surface area contributed by atoms with Gasteiger partial charge in [-0.2, -0.15) is 31.6 Å². The Bertz CT molecular complexity index is 7220. The minimum Gasteiger partial charge on any atom is -0.309 e. The third-order valence-corrected chi connectivity index (χ3v) is 22.2. The van der Waals surface area contributed by atoms with E-state index in [1.165, 1.54) is 6.07 Å². The molecule has 0 saturated heterocycles. The fourth-order valence-electron chi connectivity index (χ4n) is 16.1. The quantitative estimate of drug-likeness (QED) is 0.0832. The summed E-state index contributed by atoms with van der Waals surface area (Å²) in [6, 6.07) is 114. The van der Waals surface area contributed by atoms with Gasteiger partial charge in [-0.1, -0.05) is 255 Å². The largest absolute Gasteiger partial charge is 0.416 e. The maximum Gasteiger partial charge on any atom is 0.416 e. The molecule has 0 aliphatic carbocycles. The number of hydrogen-bond donors (Lipinski definition) is 0. The number of alkyl halides is 6. The number of halogens is 6. The van der Waals surface area contributed by atoms with Crippen LogP contribution in [-0.4, -0.2) is 68.9 Å². The molecular weight excluding hydrogens is 1590 g/mol. The zero-order valence-corrected chi connectivity index (χ0v) is 66.2. The molecule has 15 aromatic carbocycles. The molecule has 0 saturated carbocycles. The van der Waals surface area contributed by atoms with Gasteiger partial charge in [-0.3, -0.25) is 0 Å². The van der Waals surface area contributed by atoms with Crippen molar-refractivity contribution in [3.8, 4) is 176 Å². The summed E-state index contributed by atoms with van der Waals surface area (Å²) >= 11 is 0. The van der Waals surface area contributed by atoms with E-state index in [2.05, 4.69) is 6.07 Å². The third-order valence-electron chi connectivity index (χ3n) is 22.2. The normalized spacial score (nSPS) is 11.7. The van der Waals surface area contributed by atoms with Gasteiger partial charge in [0.1, 0.15) is 0 Å². The van der Waals surface area contributed by atoms with Crippen molar-refractivity contribution in [1.82, 2.24) is 68.9 Å². The first-order valence-corrected chi connectivity index (χ1v) is 40.3. The van der Waals surface area contributed by atoms with Gasteiger partial charge in [0.15, 0.2) is 69.9 Å². The Hall–Kier alpha value is -17.0. The predicted molar refractivity (Wildman–Crippen MR) is 479 cm³/mol. The fourth-order valence-corrected chi connectivity index (χ4v) is 16.1. The number of hydrogen-bond acceptors (Lipinski definition) is 13. The van der Waals surface area contributed by atoms with E-state index in [1.807, 2.05) is 325 Å². The molecule has 0 aliphatic rings.